The summed E-state index contributed by atoms with van der Waals surface area (Å²) in [7, 11) is 0. The molecule has 0 spiro atoms. The third-order valence-electron chi connectivity index (χ3n) is 4.43. The van der Waals surface area contributed by atoms with E-state index in [0.717, 1.165) is 17.2 Å². The zero-order valence-corrected chi connectivity index (χ0v) is 15.5. The summed E-state index contributed by atoms with van der Waals surface area (Å²) in [5, 5.41) is 32.0. The van der Waals surface area contributed by atoms with Gasteiger partial charge in [0.2, 0.25) is 5.95 Å². The molecule has 3 aromatic carbocycles. The average molecular weight is 404 g/mol. The number of benzene rings is 3. The molecule has 4 rings (SSSR count). The fourth-order valence-electron chi connectivity index (χ4n) is 2.99. The summed E-state index contributed by atoms with van der Waals surface area (Å²) in [5.41, 5.74) is 8.29. The number of phenolic OH excluding ortho intramolecular Hbond substituents is 3. The van der Waals surface area contributed by atoms with E-state index < -0.39 is 5.82 Å². The monoisotopic (exact) mass is 404 g/mol. The molecular weight excluding hydrogens is 387 g/mol. The fraction of sp³-hybridized carbons (Fsp3) is 0. The van der Waals surface area contributed by atoms with Gasteiger partial charge in [0, 0.05) is 17.7 Å². The number of phenols is 3. The van der Waals surface area contributed by atoms with Crippen LogP contribution in [0.1, 0.15) is 0 Å². The largest absolute Gasteiger partial charge is 0.508 e. The van der Waals surface area contributed by atoms with E-state index in [1.54, 1.807) is 36.4 Å². The third-order valence-corrected chi connectivity index (χ3v) is 4.43. The molecule has 30 heavy (non-hydrogen) atoms. The zero-order valence-electron chi connectivity index (χ0n) is 15.5. The highest BCUT2D eigenvalue weighted by molar-refractivity contribution is 5.78. The number of anilines is 3. The van der Waals surface area contributed by atoms with E-state index in [0.29, 0.717) is 11.3 Å². The maximum absolute atomic E-state index is 14.0. The summed E-state index contributed by atoms with van der Waals surface area (Å²) in [4.78, 5) is 8.24. The summed E-state index contributed by atoms with van der Waals surface area (Å²) >= 11 is 0. The van der Waals surface area contributed by atoms with E-state index in [1.807, 2.05) is 0 Å². The minimum absolute atomic E-state index is 0.0163. The van der Waals surface area contributed by atoms with Crippen LogP contribution in [0.25, 0.3) is 22.4 Å². The van der Waals surface area contributed by atoms with E-state index in [1.165, 1.54) is 24.3 Å². The molecule has 1 heterocycles. The van der Waals surface area contributed by atoms with Gasteiger partial charge >= 0.3 is 0 Å². The maximum Gasteiger partial charge on any atom is 0.222 e. The number of halogens is 1. The lowest BCUT2D eigenvalue weighted by molar-refractivity contribution is 0.469. The molecule has 0 fully saturated rings. The molecule has 0 unspecified atom stereocenters. The van der Waals surface area contributed by atoms with Crippen molar-refractivity contribution in [3.63, 3.8) is 0 Å². The van der Waals surface area contributed by atoms with Gasteiger partial charge in [0.25, 0.3) is 0 Å². The number of nitrogens with one attached hydrogen (secondary N) is 1. The van der Waals surface area contributed by atoms with Gasteiger partial charge < -0.3 is 26.4 Å². The number of nitrogens with zero attached hydrogens (tertiary/aromatic N) is 2. The van der Waals surface area contributed by atoms with Crippen LogP contribution in [-0.4, -0.2) is 25.3 Å². The number of aromatic nitrogens is 2. The lowest BCUT2D eigenvalue weighted by Crippen LogP contribution is -2.02. The second-order valence-corrected chi connectivity index (χ2v) is 6.56. The number of nitrogens with two attached hydrogens (primary N) is 1. The molecule has 8 heteroatoms. The van der Waals surface area contributed by atoms with Crippen LogP contribution in [0.4, 0.5) is 21.8 Å². The second kappa shape index (κ2) is 7.59. The molecule has 0 aliphatic carbocycles. The number of rotatable bonds is 4. The van der Waals surface area contributed by atoms with Gasteiger partial charge in [-0.25, -0.2) is 9.37 Å². The van der Waals surface area contributed by atoms with Gasteiger partial charge in [0.05, 0.1) is 11.4 Å². The van der Waals surface area contributed by atoms with E-state index >= 15 is 0 Å². The topological polar surface area (TPSA) is 125 Å². The van der Waals surface area contributed by atoms with Gasteiger partial charge in [0.15, 0.2) is 0 Å². The number of hydrogen-bond acceptors (Lipinski definition) is 7. The summed E-state index contributed by atoms with van der Waals surface area (Å²) < 4.78 is 14.0. The first-order valence-electron chi connectivity index (χ1n) is 8.92. The molecule has 150 valence electrons. The smallest absolute Gasteiger partial charge is 0.222 e. The minimum Gasteiger partial charge on any atom is -0.508 e. The van der Waals surface area contributed by atoms with Crippen molar-refractivity contribution in [1.29, 1.82) is 0 Å². The second-order valence-electron chi connectivity index (χ2n) is 6.56. The van der Waals surface area contributed by atoms with Gasteiger partial charge in [-0.05, 0) is 47.5 Å². The molecule has 0 saturated heterocycles. The van der Waals surface area contributed by atoms with Crippen LogP contribution in [0.15, 0.2) is 66.7 Å². The Morgan fingerprint density at radius 1 is 0.767 bits per heavy atom. The molecule has 0 aliphatic heterocycles. The Hall–Kier alpha value is -4.33. The Morgan fingerprint density at radius 2 is 1.47 bits per heavy atom. The van der Waals surface area contributed by atoms with Gasteiger partial charge in [0.1, 0.15) is 28.9 Å². The van der Waals surface area contributed by atoms with Crippen LogP contribution in [0, 0.1) is 5.82 Å². The lowest BCUT2D eigenvalue weighted by atomic mass is 10.0. The van der Waals surface area contributed by atoms with E-state index in [-0.39, 0.29) is 34.7 Å². The van der Waals surface area contributed by atoms with Crippen LogP contribution >= 0.6 is 0 Å². The minimum atomic E-state index is -0.661. The molecule has 4 aromatic rings. The highest BCUT2D eigenvalue weighted by Gasteiger charge is 2.13. The molecule has 0 atom stereocenters. The van der Waals surface area contributed by atoms with Crippen LogP contribution in [0.3, 0.4) is 0 Å². The highest BCUT2D eigenvalue weighted by Crippen LogP contribution is 2.34. The third kappa shape index (κ3) is 3.93. The molecule has 7 nitrogen and oxygen atoms in total. The van der Waals surface area contributed by atoms with Crippen molar-refractivity contribution >= 4 is 17.5 Å². The predicted octanol–water partition coefficient (Wildman–Crippen LogP) is 4.39. The first kappa shape index (κ1) is 19.0. The average Bonchev–Trinajstić information content (AvgIpc) is 2.71. The van der Waals surface area contributed by atoms with Crippen molar-refractivity contribution in [3.8, 4) is 39.6 Å². The van der Waals surface area contributed by atoms with Crippen molar-refractivity contribution in [2.45, 2.75) is 0 Å². The summed E-state index contributed by atoms with van der Waals surface area (Å²) in [6, 6.07) is 16.8. The first-order valence-corrected chi connectivity index (χ1v) is 8.92. The van der Waals surface area contributed by atoms with Crippen LogP contribution in [0.5, 0.6) is 17.2 Å². The van der Waals surface area contributed by atoms with E-state index in [9.17, 15) is 19.7 Å². The molecule has 0 amide bonds. The summed E-state index contributed by atoms with van der Waals surface area (Å²) in [5.74, 6) is -0.570. The van der Waals surface area contributed by atoms with Crippen molar-refractivity contribution in [2.24, 2.45) is 0 Å². The Kier molecular flexibility index (Phi) is 4.81. The fourth-order valence-corrected chi connectivity index (χ4v) is 2.99. The molecular formula is C22H17FN4O3. The Labute approximate surface area is 170 Å². The molecule has 6 N–H and O–H groups in total. The predicted molar refractivity (Wildman–Crippen MR) is 112 cm³/mol. The van der Waals surface area contributed by atoms with E-state index in [4.69, 9.17) is 5.73 Å². The maximum atomic E-state index is 14.0. The molecule has 0 radical (unpaired) electrons. The van der Waals surface area contributed by atoms with Gasteiger partial charge in [-0.3, -0.25) is 0 Å². The number of nitrogen functional groups attached to an aromatic ring is 1. The van der Waals surface area contributed by atoms with Crippen LogP contribution < -0.4 is 11.1 Å². The molecule has 0 bridgehead atoms. The summed E-state index contributed by atoms with van der Waals surface area (Å²) in [6.45, 7) is 0. The van der Waals surface area contributed by atoms with Gasteiger partial charge in [-0.15, -0.1) is 0 Å². The number of aromatic hydroxyl groups is 3. The van der Waals surface area contributed by atoms with Crippen molar-refractivity contribution in [3.05, 3.63) is 72.5 Å². The molecule has 1 aromatic heterocycles. The van der Waals surface area contributed by atoms with Gasteiger partial charge in [-0.2, -0.15) is 4.98 Å². The highest BCUT2D eigenvalue weighted by atomic mass is 19.1. The summed E-state index contributed by atoms with van der Waals surface area (Å²) in [6.07, 6.45) is 0. The molecule has 0 saturated carbocycles. The Morgan fingerprint density at radius 3 is 2.20 bits per heavy atom. The van der Waals surface area contributed by atoms with E-state index in [2.05, 4.69) is 15.3 Å². The SMILES string of the molecule is Nc1nc(Nc2ccc(O)cc2F)cc(-c2cc(-c3ccc(O)cc3)ccc2O)n1. The lowest BCUT2D eigenvalue weighted by Gasteiger charge is -2.12. The Bertz CT molecular complexity index is 1230. The quantitative estimate of drug-likeness (QED) is 0.319. The Balaban J connectivity index is 1.73. The van der Waals surface area contributed by atoms with Crippen molar-refractivity contribution in [1.82, 2.24) is 9.97 Å². The van der Waals surface area contributed by atoms with Crippen LogP contribution in [0.2, 0.25) is 0 Å². The van der Waals surface area contributed by atoms with Gasteiger partial charge in [-0.1, -0.05) is 18.2 Å². The zero-order chi connectivity index (χ0) is 21.3. The van der Waals surface area contributed by atoms with Crippen molar-refractivity contribution in [2.75, 3.05) is 11.1 Å². The standard InChI is InChI=1S/C22H17FN4O3/c23-17-10-15(29)6-7-18(17)25-21-11-19(26-22(24)27-21)16-9-13(3-8-20(16)30)12-1-4-14(28)5-2-12/h1-11,28-30H,(H3,24,25,26,27). The van der Waals surface area contributed by atoms with Crippen LogP contribution in [-0.2, 0) is 0 Å². The first-order chi connectivity index (χ1) is 14.4. The normalized spacial score (nSPS) is 10.7. The number of hydrogen-bond donors (Lipinski definition) is 5. The molecule has 0 aliphatic rings. The van der Waals surface area contributed by atoms with Crippen molar-refractivity contribution < 1.29 is 19.7 Å².